The van der Waals surface area contributed by atoms with Crippen LogP contribution in [-0.4, -0.2) is 56.8 Å². The van der Waals surface area contributed by atoms with Gasteiger partial charge in [-0.05, 0) is 43.9 Å². The number of fused-ring (bicyclic) bond motifs is 1. The quantitative estimate of drug-likeness (QED) is 0.547. The standard InChI is InChI=1S/C27H39FN2O5/c1-16-9-8-11-27(5)22(35-27)14-20(19(28)13-18-10-6-7-12-29-18)30-23(32)15-21(31)26(3,4)25(34)17(2)24(16)33/h6-7,10,12-13,16-17,20-22,24,31,33H,8-9,11,14-15H2,1-5H3,(H,30,32)/t16-,17+,20?,21-,22-,24-,27?/m0/s1. The number of amides is 1. The first-order chi connectivity index (χ1) is 16.3. The first-order valence-corrected chi connectivity index (χ1v) is 12.5. The van der Waals surface area contributed by atoms with Gasteiger partial charge in [-0.3, -0.25) is 14.6 Å². The highest BCUT2D eigenvalue weighted by molar-refractivity contribution is 5.88. The highest BCUT2D eigenvalue weighted by Gasteiger charge is 2.52. The average Bonchev–Trinajstić information content (AvgIpc) is 3.45. The zero-order valence-electron chi connectivity index (χ0n) is 21.3. The number of aliphatic hydroxyl groups is 2. The van der Waals surface area contributed by atoms with Crippen molar-refractivity contribution in [1.82, 2.24) is 10.3 Å². The van der Waals surface area contributed by atoms with E-state index in [1.165, 1.54) is 6.08 Å². The molecule has 0 bridgehead atoms. The molecule has 0 aliphatic carbocycles. The normalized spacial score (nSPS) is 37.3. The Kier molecular flexibility index (Phi) is 8.50. The van der Waals surface area contributed by atoms with E-state index < -0.39 is 46.9 Å². The van der Waals surface area contributed by atoms with Gasteiger partial charge in [-0.15, -0.1) is 0 Å². The van der Waals surface area contributed by atoms with Crippen molar-refractivity contribution >= 4 is 17.8 Å². The van der Waals surface area contributed by atoms with Gasteiger partial charge in [0.1, 0.15) is 11.6 Å². The Hall–Kier alpha value is -2.16. The van der Waals surface area contributed by atoms with Crippen molar-refractivity contribution < 1.29 is 28.9 Å². The summed E-state index contributed by atoms with van der Waals surface area (Å²) in [5.41, 5.74) is -1.26. The van der Waals surface area contributed by atoms with Gasteiger partial charge in [-0.25, -0.2) is 4.39 Å². The highest BCUT2D eigenvalue weighted by Crippen LogP contribution is 2.44. The summed E-state index contributed by atoms with van der Waals surface area (Å²) < 4.78 is 21.2. The van der Waals surface area contributed by atoms with Gasteiger partial charge in [0, 0.05) is 18.5 Å². The van der Waals surface area contributed by atoms with E-state index in [4.69, 9.17) is 4.74 Å². The molecule has 1 amide bonds. The van der Waals surface area contributed by atoms with E-state index in [0.717, 1.165) is 12.8 Å². The molecule has 3 N–H and O–H groups in total. The molecule has 3 heterocycles. The molecule has 194 valence electrons. The van der Waals surface area contributed by atoms with Crippen LogP contribution in [0, 0.1) is 17.3 Å². The number of nitrogens with one attached hydrogen (secondary N) is 1. The van der Waals surface area contributed by atoms with Gasteiger partial charge < -0.3 is 20.3 Å². The number of aromatic nitrogens is 1. The lowest BCUT2D eigenvalue weighted by molar-refractivity contribution is -0.143. The number of nitrogens with zero attached hydrogens (tertiary/aromatic N) is 1. The number of hydrogen-bond donors (Lipinski definition) is 3. The average molecular weight is 491 g/mol. The third-order valence-electron chi connectivity index (χ3n) is 7.82. The second-order valence-electron chi connectivity index (χ2n) is 11.0. The molecule has 2 fully saturated rings. The number of rotatable bonds is 2. The Balaban J connectivity index is 1.86. The minimum absolute atomic E-state index is 0.120. The Morgan fingerprint density at radius 3 is 2.60 bits per heavy atom. The van der Waals surface area contributed by atoms with Gasteiger partial charge >= 0.3 is 0 Å². The fourth-order valence-electron chi connectivity index (χ4n) is 4.99. The summed E-state index contributed by atoms with van der Waals surface area (Å²) in [7, 11) is 0. The molecule has 2 unspecified atom stereocenters. The van der Waals surface area contributed by atoms with E-state index in [9.17, 15) is 19.8 Å². The lowest BCUT2D eigenvalue weighted by Gasteiger charge is -2.34. The van der Waals surface area contributed by atoms with Crippen LogP contribution in [0.2, 0.25) is 0 Å². The minimum Gasteiger partial charge on any atom is -0.392 e. The number of Topliss-reactive ketones (excluding diaryl/α,β-unsaturated/α-hetero) is 1. The van der Waals surface area contributed by atoms with Crippen molar-refractivity contribution in [1.29, 1.82) is 0 Å². The van der Waals surface area contributed by atoms with Crippen LogP contribution in [-0.2, 0) is 14.3 Å². The van der Waals surface area contributed by atoms with Crippen LogP contribution in [0.25, 0.3) is 6.08 Å². The van der Waals surface area contributed by atoms with E-state index >= 15 is 4.39 Å². The summed E-state index contributed by atoms with van der Waals surface area (Å²) in [4.78, 5) is 30.2. The smallest absolute Gasteiger partial charge is 0.223 e. The summed E-state index contributed by atoms with van der Waals surface area (Å²) >= 11 is 0. The van der Waals surface area contributed by atoms with Crippen LogP contribution in [0.15, 0.2) is 30.2 Å². The van der Waals surface area contributed by atoms with Gasteiger partial charge in [0.15, 0.2) is 0 Å². The lowest BCUT2D eigenvalue weighted by atomic mass is 9.72. The van der Waals surface area contributed by atoms with Gasteiger partial charge in [0.25, 0.3) is 0 Å². The number of halogens is 1. The molecule has 2 aliphatic rings. The van der Waals surface area contributed by atoms with Crippen LogP contribution in [0.3, 0.4) is 0 Å². The van der Waals surface area contributed by atoms with Crippen LogP contribution >= 0.6 is 0 Å². The van der Waals surface area contributed by atoms with Crippen LogP contribution in [0.5, 0.6) is 0 Å². The van der Waals surface area contributed by atoms with Crippen molar-refractivity contribution in [2.24, 2.45) is 17.3 Å². The number of hydrogen-bond acceptors (Lipinski definition) is 6. The summed E-state index contributed by atoms with van der Waals surface area (Å²) in [6.45, 7) is 8.70. The number of epoxide rings is 1. The van der Waals surface area contributed by atoms with Crippen LogP contribution in [0.4, 0.5) is 4.39 Å². The van der Waals surface area contributed by atoms with Gasteiger partial charge in [-0.2, -0.15) is 0 Å². The predicted molar refractivity (Wildman–Crippen MR) is 131 cm³/mol. The number of carbonyl (C=O) groups excluding carboxylic acids is 2. The number of ether oxygens (including phenoxy) is 1. The second-order valence-corrected chi connectivity index (χ2v) is 11.0. The number of ketones is 1. The molecular weight excluding hydrogens is 451 g/mol. The molecule has 3 rings (SSSR count). The molecule has 0 radical (unpaired) electrons. The van der Waals surface area contributed by atoms with Crippen molar-refractivity contribution in [3.05, 3.63) is 35.9 Å². The maximum atomic E-state index is 15.3. The summed E-state index contributed by atoms with van der Waals surface area (Å²) in [5.74, 6) is -2.24. The van der Waals surface area contributed by atoms with Crippen LogP contribution in [0.1, 0.15) is 72.4 Å². The van der Waals surface area contributed by atoms with E-state index in [1.54, 1.807) is 45.2 Å². The first-order valence-electron chi connectivity index (χ1n) is 12.5. The molecule has 1 aromatic heterocycles. The third kappa shape index (κ3) is 6.54. The first kappa shape index (κ1) is 27.4. The fourth-order valence-corrected chi connectivity index (χ4v) is 4.99. The number of carbonyl (C=O) groups is 2. The van der Waals surface area contributed by atoms with E-state index in [1.807, 2.05) is 13.8 Å². The van der Waals surface area contributed by atoms with E-state index in [2.05, 4.69) is 10.3 Å². The zero-order valence-corrected chi connectivity index (χ0v) is 21.3. The van der Waals surface area contributed by atoms with Crippen molar-refractivity contribution in [3.63, 3.8) is 0 Å². The molecular formula is C27H39FN2O5. The van der Waals surface area contributed by atoms with Crippen molar-refractivity contribution in [3.8, 4) is 0 Å². The Labute approximate surface area is 207 Å². The number of aliphatic hydroxyl groups excluding tert-OH is 2. The molecule has 2 saturated heterocycles. The largest absolute Gasteiger partial charge is 0.392 e. The molecule has 0 saturated carbocycles. The predicted octanol–water partition coefficient (Wildman–Crippen LogP) is 3.59. The molecule has 35 heavy (non-hydrogen) atoms. The Morgan fingerprint density at radius 1 is 1.23 bits per heavy atom. The third-order valence-corrected chi connectivity index (χ3v) is 7.82. The number of pyridine rings is 1. The Bertz CT molecular complexity index is 937. The molecule has 0 spiro atoms. The molecule has 1 aromatic rings. The SMILES string of the molecule is C[C@H]1CCCC2(C)O[C@H]2CC(C(F)=Cc2ccccn2)NC(=O)C[C@H](O)C(C)(C)C(=O)[C@H](C)[C@H]1O. The monoisotopic (exact) mass is 490 g/mol. The topological polar surface area (TPSA) is 112 Å². The minimum atomic E-state index is -1.29. The maximum absolute atomic E-state index is 15.3. The summed E-state index contributed by atoms with van der Waals surface area (Å²) in [5, 5.41) is 24.3. The summed E-state index contributed by atoms with van der Waals surface area (Å²) in [6.07, 6.45) is 2.57. The van der Waals surface area contributed by atoms with Crippen molar-refractivity contribution in [2.75, 3.05) is 0 Å². The summed E-state index contributed by atoms with van der Waals surface area (Å²) in [6, 6.07) is 4.20. The van der Waals surface area contributed by atoms with E-state index in [-0.39, 0.29) is 30.6 Å². The molecule has 8 heteroatoms. The molecule has 0 aromatic carbocycles. The zero-order chi connectivity index (χ0) is 26.0. The van der Waals surface area contributed by atoms with Crippen molar-refractivity contribution in [2.45, 2.75) is 96.7 Å². The van der Waals surface area contributed by atoms with Gasteiger partial charge in [-0.1, -0.05) is 40.2 Å². The van der Waals surface area contributed by atoms with Gasteiger partial charge in [0.2, 0.25) is 5.91 Å². The van der Waals surface area contributed by atoms with E-state index in [0.29, 0.717) is 12.1 Å². The lowest BCUT2D eigenvalue weighted by Crippen LogP contribution is -2.47. The fraction of sp³-hybridized carbons (Fsp3) is 0.667. The highest BCUT2D eigenvalue weighted by atomic mass is 19.1. The Morgan fingerprint density at radius 2 is 1.94 bits per heavy atom. The maximum Gasteiger partial charge on any atom is 0.223 e. The molecule has 7 atom stereocenters. The van der Waals surface area contributed by atoms with Crippen LogP contribution < -0.4 is 5.32 Å². The molecule has 2 aliphatic heterocycles. The second kappa shape index (κ2) is 10.8. The van der Waals surface area contributed by atoms with Gasteiger partial charge in [0.05, 0.1) is 47.5 Å². The molecule has 7 nitrogen and oxygen atoms in total.